The second-order valence-corrected chi connectivity index (χ2v) is 7.87. The standard InChI is InChI=1S/C23H25N3O3/c1-15-5-2-6-17-22(15)24-21(25-23(17)27)14-26-10-3-7-18(26)16-8-9-19-20(13-16)29-12-4-11-28-19/h2,5-6,8-9,13,18H,3-4,7,10-12,14H2,1H3,(H,24,25,27). The minimum Gasteiger partial charge on any atom is -0.490 e. The summed E-state index contributed by atoms with van der Waals surface area (Å²) in [6.07, 6.45) is 3.10. The van der Waals surface area contributed by atoms with Gasteiger partial charge in [-0.05, 0) is 55.6 Å². The van der Waals surface area contributed by atoms with Crippen molar-refractivity contribution in [2.24, 2.45) is 0 Å². The molecule has 1 atom stereocenters. The molecule has 1 aromatic heterocycles. The molecule has 3 aromatic rings. The van der Waals surface area contributed by atoms with Crippen LogP contribution < -0.4 is 15.0 Å². The van der Waals surface area contributed by atoms with E-state index in [0.717, 1.165) is 54.2 Å². The zero-order chi connectivity index (χ0) is 19.8. The molecule has 2 aromatic carbocycles. The topological polar surface area (TPSA) is 67.5 Å². The summed E-state index contributed by atoms with van der Waals surface area (Å²) in [5, 5.41) is 0.648. The Hall–Kier alpha value is -2.86. The van der Waals surface area contributed by atoms with Crippen molar-refractivity contribution in [3.05, 3.63) is 63.7 Å². The molecule has 2 aliphatic rings. The first-order chi connectivity index (χ1) is 14.2. The molecule has 6 nitrogen and oxygen atoms in total. The molecule has 0 spiro atoms. The molecule has 0 amide bonds. The summed E-state index contributed by atoms with van der Waals surface area (Å²) < 4.78 is 11.6. The first-order valence-corrected chi connectivity index (χ1v) is 10.3. The summed E-state index contributed by atoms with van der Waals surface area (Å²) in [6, 6.07) is 12.3. The van der Waals surface area contributed by atoms with Crippen LogP contribution in [0.3, 0.4) is 0 Å². The predicted molar refractivity (Wildman–Crippen MR) is 112 cm³/mol. The minimum absolute atomic E-state index is 0.0694. The maximum absolute atomic E-state index is 12.5. The van der Waals surface area contributed by atoms with Gasteiger partial charge in [-0.3, -0.25) is 9.69 Å². The third-order valence-electron chi connectivity index (χ3n) is 5.86. The molecule has 6 heteroatoms. The van der Waals surface area contributed by atoms with E-state index in [1.807, 2.05) is 31.2 Å². The number of H-pyrrole nitrogens is 1. The number of nitrogens with zero attached hydrogens (tertiary/aromatic N) is 2. The molecule has 0 radical (unpaired) electrons. The van der Waals surface area contributed by atoms with Gasteiger partial charge in [-0.25, -0.2) is 4.98 Å². The zero-order valence-corrected chi connectivity index (χ0v) is 16.6. The first-order valence-electron chi connectivity index (χ1n) is 10.3. The molecule has 29 heavy (non-hydrogen) atoms. The molecule has 0 aliphatic carbocycles. The molecular weight excluding hydrogens is 366 g/mol. The molecule has 5 rings (SSSR count). The van der Waals surface area contributed by atoms with Crippen molar-refractivity contribution in [3.8, 4) is 11.5 Å². The van der Waals surface area contributed by atoms with Gasteiger partial charge in [0.2, 0.25) is 0 Å². The van der Waals surface area contributed by atoms with Gasteiger partial charge in [0.05, 0.1) is 30.7 Å². The fourth-order valence-corrected chi connectivity index (χ4v) is 4.40. The lowest BCUT2D eigenvalue weighted by Gasteiger charge is -2.25. The number of aromatic amines is 1. The van der Waals surface area contributed by atoms with Crippen molar-refractivity contribution in [2.75, 3.05) is 19.8 Å². The smallest absolute Gasteiger partial charge is 0.258 e. The molecule has 1 saturated heterocycles. The molecule has 1 unspecified atom stereocenters. The first kappa shape index (κ1) is 18.2. The Morgan fingerprint density at radius 2 is 2.00 bits per heavy atom. The minimum atomic E-state index is -0.0694. The van der Waals surface area contributed by atoms with Crippen molar-refractivity contribution in [2.45, 2.75) is 38.8 Å². The van der Waals surface area contributed by atoms with Crippen LogP contribution in [0.15, 0.2) is 41.2 Å². The largest absolute Gasteiger partial charge is 0.490 e. The Kier molecular flexibility index (Phi) is 4.72. The number of hydrogen-bond acceptors (Lipinski definition) is 5. The highest BCUT2D eigenvalue weighted by Gasteiger charge is 2.28. The third-order valence-corrected chi connectivity index (χ3v) is 5.86. The molecule has 150 valence electrons. The number of aromatic nitrogens is 2. The number of ether oxygens (including phenoxy) is 2. The van der Waals surface area contributed by atoms with Gasteiger partial charge in [-0.2, -0.15) is 0 Å². The number of hydrogen-bond donors (Lipinski definition) is 1. The van der Waals surface area contributed by atoms with Crippen LogP contribution in [0, 0.1) is 6.92 Å². The maximum atomic E-state index is 12.5. The number of aryl methyl sites for hydroxylation is 1. The summed E-state index contributed by atoms with van der Waals surface area (Å²) in [5.41, 5.74) is 2.97. The average molecular weight is 391 g/mol. The Morgan fingerprint density at radius 1 is 1.14 bits per heavy atom. The van der Waals surface area contributed by atoms with E-state index in [0.29, 0.717) is 25.1 Å². The fraction of sp³-hybridized carbons (Fsp3) is 0.391. The lowest BCUT2D eigenvalue weighted by Crippen LogP contribution is -2.25. The van der Waals surface area contributed by atoms with Crippen molar-refractivity contribution in [1.82, 2.24) is 14.9 Å². The van der Waals surface area contributed by atoms with E-state index in [-0.39, 0.29) is 11.6 Å². The van der Waals surface area contributed by atoms with E-state index >= 15 is 0 Å². The highest BCUT2D eigenvalue weighted by Crippen LogP contribution is 2.38. The Balaban J connectivity index is 1.43. The number of nitrogens with one attached hydrogen (secondary N) is 1. The SMILES string of the molecule is Cc1cccc2c(=O)[nH]c(CN3CCCC3c3ccc4c(c3)OCCCO4)nc12. The Labute approximate surface area is 169 Å². The van der Waals surface area contributed by atoms with Crippen LogP contribution in [0.25, 0.3) is 10.9 Å². The fourth-order valence-electron chi connectivity index (χ4n) is 4.40. The summed E-state index contributed by atoms with van der Waals surface area (Å²) in [7, 11) is 0. The van der Waals surface area contributed by atoms with Gasteiger partial charge in [-0.15, -0.1) is 0 Å². The second-order valence-electron chi connectivity index (χ2n) is 7.87. The van der Waals surface area contributed by atoms with Crippen LogP contribution in [0.4, 0.5) is 0 Å². The van der Waals surface area contributed by atoms with Gasteiger partial charge < -0.3 is 14.5 Å². The normalized spacial score (nSPS) is 19.4. The molecule has 0 bridgehead atoms. The van der Waals surface area contributed by atoms with Crippen LogP contribution in [-0.4, -0.2) is 34.6 Å². The number of benzene rings is 2. The van der Waals surface area contributed by atoms with Gasteiger partial charge in [-0.1, -0.05) is 18.2 Å². The van der Waals surface area contributed by atoms with Gasteiger partial charge >= 0.3 is 0 Å². The molecule has 0 saturated carbocycles. The monoisotopic (exact) mass is 391 g/mol. The number of para-hydroxylation sites is 1. The van der Waals surface area contributed by atoms with Gasteiger partial charge in [0.25, 0.3) is 5.56 Å². The summed E-state index contributed by atoms with van der Waals surface area (Å²) >= 11 is 0. The van der Waals surface area contributed by atoms with Crippen LogP contribution in [-0.2, 0) is 6.54 Å². The third kappa shape index (κ3) is 3.49. The number of likely N-dealkylation sites (tertiary alicyclic amines) is 1. The van der Waals surface area contributed by atoms with Gasteiger partial charge in [0, 0.05) is 12.5 Å². The van der Waals surface area contributed by atoms with Crippen molar-refractivity contribution < 1.29 is 9.47 Å². The predicted octanol–water partition coefficient (Wildman–Crippen LogP) is 3.73. The molecule has 2 aliphatic heterocycles. The summed E-state index contributed by atoms with van der Waals surface area (Å²) in [6.45, 7) is 4.98. The highest BCUT2D eigenvalue weighted by molar-refractivity contribution is 5.80. The Morgan fingerprint density at radius 3 is 2.90 bits per heavy atom. The number of rotatable bonds is 3. The van der Waals surface area contributed by atoms with E-state index in [9.17, 15) is 4.79 Å². The molecule has 1 N–H and O–H groups in total. The van der Waals surface area contributed by atoms with E-state index in [2.05, 4.69) is 22.0 Å². The summed E-state index contributed by atoms with van der Waals surface area (Å²) in [4.78, 5) is 22.7. The van der Waals surface area contributed by atoms with E-state index in [1.54, 1.807) is 0 Å². The van der Waals surface area contributed by atoms with Gasteiger partial charge in [0.1, 0.15) is 5.82 Å². The lowest BCUT2D eigenvalue weighted by atomic mass is 10.0. The quantitative estimate of drug-likeness (QED) is 0.737. The Bertz CT molecular complexity index is 1110. The van der Waals surface area contributed by atoms with Crippen LogP contribution in [0.2, 0.25) is 0 Å². The van der Waals surface area contributed by atoms with E-state index < -0.39 is 0 Å². The lowest BCUT2D eigenvalue weighted by molar-refractivity contribution is 0.241. The molecule has 1 fully saturated rings. The van der Waals surface area contributed by atoms with E-state index in [1.165, 1.54) is 5.56 Å². The summed E-state index contributed by atoms with van der Waals surface area (Å²) in [5.74, 6) is 2.38. The van der Waals surface area contributed by atoms with Crippen LogP contribution in [0.5, 0.6) is 11.5 Å². The molecule has 3 heterocycles. The average Bonchev–Trinajstić information content (AvgIpc) is 3.04. The number of fused-ring (bicyclic) bond motifs is 2. The van der Waals surface area contributed by atoms with Crippen LogP contribution in [0.1, 0.15) is 42.3 Å². The van der Waals surface area contributed by atoms with E-state index in [4.69, 9.17) is 14.5 Å². The second kappa shape index (κ2) is 7.52. The van der Waals surface area contributed by atoms with Gasteiger partial charge in [0.15, 0.2) is 11.5 Å². The molecular formula is C23H25N3O3. The highest BCUT2D eigenvalue weighted by atomic mass is 16.5. The van der Waals surface area contributed by atoms with Crippen molar-refractivity contribution >= 4 is 10.9 Å². The zero-order valence-electron chi connectivity index (χ0n) is 16.6. The van der Waals surface area contributed by atoms with Crippen LogP contribution >= 0.6 is 0 Å². The van der Waals surface area contributed by atoms with Crippen molar-refractivity contribution in [3.63, 3.8) is 0 Å². The maximum Gasteiger partial charge on any atom is 0.258 e. The van der Waals surface area contributed by atoms with Crippen molar-refractivity contribution in [1.29, 1.82) is 0 Å².